The molecule has 0 saturated carbocycles. The van der Waals surface area contributed by atoms with Gasteiger partial charge in [0.1, 0.15) is 0 Å². The Kier molecular flexibility index (Phi) is 3.14. The van der Waals surface area contributed by atoms with Crippen molar-refractivity contribution in [3.05, 3.63) is 29.3 Å². The number of fused-ring (bicyclic) bond motifs is 1. The van der Waals surface area contributed by atoms with Gasteiger partial charge < -0.3 is 5.32 Å². The average molecular weight is 207 g/mol. The summed E-state index contributed by atoms with van der Waals surface area (Å²) < 4.78 is 0. The first-order valence-electron chi connectivity index (χ1n) is 5.28. The number of benzene rings is 1. The molecule has 0 aliphatic carbocycles. The Labute approximate surface area is 90.3 Å². The lowest BCUT2D eigenvalue weighted by atomic mass is 10.0. The van der Waals surface area contributed by atoms with Gasteiger partial charge >= 0.3 is 0 Å². The molecule has 0 aromatic heterocycles. The van der Waals surface area contributed by atoms with Crippen LogP contribution in [-0.2, 0) is 0 Å². The van der Waals surface area contributed by atoms with Gasteiger partial charge in [-0.2, -0.15) is 0 Å². The van der Waals surface area contributed by atoms with Crippen LogP contribution >= 0.6 is 11.8 Å². The fraction of sp³-hybridized carbons (Fsp3) is 0.500. The van der Waals surface area contributed by atoms with Gasteiger partial charge in [0.25, 0.3) is 0 Å². The third kappa shape index (κ3) is 1.96. The Hall–Kier alpha value is -0.470. The lowest BCUT2D eigenvalue weighted by Gasteiger charge is -2.26. The molecule has 2 rings (SSSR count). The second-order valence-electron chi connectivity index (χ2n) is 3.79. The molecule has 1 aromatic rings. The molecule has 2 heteroatoms. The Balaban J connectivity index is 2.32. The minimum atomic E-state index is 0.580. The molecule has 14 heavy (non-hydrogen) atoms. The van der Waals surface area contributed by atoms with Crippen LogP contribution in [0.25, 0.3) is 0 Å². The highest BCUT2D eigenvalue weighted by molar-refractivity contribution is 7.99. The second-order valence-corrected chi connectivity index (χ2v) is 4.93. The fourth-order valence-corrected chi connectivity index (χ4v) is 3.08. The zero-order chi connectivity index (χ0) is 9.97. The molecule has 1 nitrogen and oxygen atoms in total. The summed E-state index contributed by atoms with van der Waals surface area (Å²) in [6, 6.07) is 7.38. The van der Waals surface area contributed by atoms with Gasteiger partial charge in [-0.15, -0.1) is 11.8 Å². The van der Waals surface area contributed by atoms with E-state index in [-0.39, 0.29) is 0 Å². The average Bonchev–Trinajstić information content (AvgIpc) is 2.19. The van der Waals surface area contributed by atoms with Crippen molar-refractivity contribution in [3.63, 3.8) is 0 Å². The van der Waals surface area contributed by atoms with E-state index in [0.29, 0.717) is 6.04 Å². The first-order valence-corrected chi connectivity index (χ1v) is 6.26. The molecular weight excluding hydrogens is 190 g/mol. The van der Waals surface area contributed by atoms with Crippen molar-refractivity contribution in [2.24, 2.45) is 0 Å². The molecule has 1 aliphatic heterocycles. The molecule has 1 aromatic carbocycles. The van der Waals surface area contributed by atoms with Gasteiger partial charge in [-0.05, 0) is 37.3 Å². The number of aryl methyl sites for hydroxylation is 1. The van der Waals surface area contributed by atoms with E-state index in [1.165, 1.54) is 28.2 Å². The molecule has 0 amide bonds. The molecule has 0 spiro atoms. The Morgan fingerprint density at radius 1 is 1.50 bits per heavy atom. The Morgan fingerprint density at radius 3 is 3.14 bits per heavy atom. The van der Waals surface area contributed by atoms with Gasteiger partial charge in [0.15, 0.2) is 0 Å². The highest BCUT2D eigenvalue weighted by Gasteiger charge is 2.19. The molecule has 0 radical (unpaired) electrons. The zero-order valence-electron chi connectivity index (χ0n) is 8.84. The number of rotatable bonds is 2. The smallest absolute Gasteiger partial charge is 0.0339 e. The molecule has 0 fully saturated rings. The van der Waals surface area contributed by atoms with Crippen LogP contribution in [0.1, 0.15) is 30.5 Å². The van der Waals surface area contributed by atoms with Crippen LogP contribution in [0.2, 0.25) is 0 Å². The highest BCUT2D eigenvalue weighted by atomic mass is 32.2. The van der Waals surface area contributed by atoms with E-state index in [0.717, 1.165) is 6.54 Å². The number of thioether (sulfide) groups is 1. The normalized spacial score (nSPS) is 20.6. The maximum Gasteiger partial charge on any atom is 0.0339 e. The summed E-state index contributed by atoms with van der Waals surface area (Å²) in [5.74, 6) is 1.24. The first kappa shape index (κ1) is 10.1. The van der Waals surface area contributed by atoms with Crippen molar-refractivity contribution in [2.75, 3.05) is 12.3 Å². The third-order valence-corrected chi connectivity index (χ3v) is 3.78. The standard InChI is InChI=1S/C12H17NS/c1-3-13-11-6-7-14-12-5-4-9(2)8-10(11)12/h4-5,8,11,13H,3,6-7H2,1-2H3. The molecule has 1 unspecified atom stereocenters. The molecule has 0 bridgehead atoms. The van der Waals surface area contributed by atoms with Crippen LogP contribution in [-0.4, -0.2) is 12.3 Å². The second kappa shape index (κ2) is 4.37. The lowest BCUT2D eigenvalue weighted by Crippen LogP contribution is -2.24. The first-order chi connectivity index (χ1) is 6.81. The Morgan fingerprint density at radius 2 is 2.36 bits per heavy atom. The topological polar surface area (TPSA) is 12.0 Å². The summed E-state index contributed by atoms with van der Waals surface area (Å²) in [7, 11) is 0. The molecule has 76 valence electrons. The van der Waals surface area contributed by atoms with Crippen molar-refractivity contribution in [3.8, 4) is 0 Å². The van der Waals surface area contributed by atoms with E-state index in [1.54, 1.807) is 0 Å². The van der Waals surface area contributed by atoms with Gasteiger partial charge in [-0.3, -0.25) is 0 Å². The summed E-state index contributed by atoms with van der Waals surface area (Å²) in [5.41, 5.74) is 2.87. The van der Waals surface area contributed by atoms with Crippen LogP contribution in [0.4, 0.5) is 0 Å². The van der Waals surface area contributed by atoms with Gasteiger partial charge in [-0.1, -0.05) is 24.6 Å². The van der Waals surface area contributed by atoms with Crippen molar-refractivity contribution < 1.29 is 0 Å². The molecule has 1 N–H and O–H groups in total. The van der Waals surface area contributed by atoms with E-state index in [9.17, 15) is 0 Å². The summed E-state index contributed by atoms with van der Waals surface area (Å²) in [4.78, 5) is 1.47. The van der Waals surface area contributed by atoms with Gasteiger partial charge in [-0.25, -0.2) is 0 Å². The Bertz CT molecular complexity index is 322. The van der Waals surface area contributed by atoms with Gasteiger partial charge in [0.2, 0.25) is 0 Å². The summed E-state index contributed by atoms with van der Waals surface area (Å²) in [5, 5.41) is 3.55. The van der Waals surface area contributed by atoms with Crippen LogP contribution in [0.15, 0.2) is 23.1 Å². The third-order valence-electron chi connectivity index (χ3n) is 2.66. The minimum absolute atomic E-state index is 0.580. The van der Waals surface area contributed by atoms with Crippen molar-refractivity contribution in [1.82, 2.24) is 5.32 Å². The number of hydrogen-bond acceptors (Lipinski definition) is 2. The van der Waals surface area contributed by atoms with Crippen molar-refractivity contribution in [1.29, 1.82) is 0 Å². The SMILES string of the molecule is CCNC1CCSc2ccc(C)cc21. The van der Waals surface area contributed by atoms with E-state index in [4.69, 9.17) is 0 Å². The van der Waals surface area contributed by atoms with Gasteiger partial charge in [0, 0.05) is 10.9 Å². The van der Waals surface area contributed by atoms with Crippen molar-refractivity contribution in [2.45, 2.75) is 31.2 Å². The predicted octanol–water partition coefficient (Wildman–Crippen LogP) is 3.14. The molecule has 1 aliphatic rings. The monoisotopic (exact) mass is 207 g/mol. The summed E-state index contributed by atoms with van der Waals surface area (Å²) in [6.45, 7) is 5.41. The number of hydrogen-bond donors (Lipinski definition) is 1. The lowest BCUT2D eigenvalue weighted by molar-refractivity contribution is 0.527. The fourth-order valence-electron chi connectivity index (χ4n) is 1.97. The van der Waals surface area contributed by atoms with Crippen molar-refractivity contribution >= 4 is 11.8 Å². The largest absolute Gasteiger partial charge is 0.310 e. The zero-order valence-corrected chi connectivity index (χ0v) is 9.66. The maximum atomic E-state index is 3.55. The van der Waals surface area contributed by atoms with E-state index < -0.39 is 0 Å². The molecule has 0 saturated heterocycles. The van der Waals surface area contributed by atoms with E-state index in [1.807, 2.05) is 11.8 Å². The van der Waals surface area contributed by atoms with Gasteiger partial charge in [0.05, 0.1) is 0 Å². The maximum absolute atomic E-state index is 3.55. The molecule has 1 heterocycles. The summed E-state index contributed by atoms with van der Waals surface area (Å²) >= 11 is 1.99. The van der Waals surface area contributed by atoms with E-state index in [2.05, 4.69) is 37.4 Å². The quantitative estimate of drug-likeness (QED) is 0.799. The van der Waals surface area contributed by atoms with Crippen LogP contribution in [0, 0.1) is 6.92 Å². The molecule has 1 atom stereocenters. The molecular formula is C12H17NS. The number of nitrogens with one attached hydrogen (secondary N) is 1. The van der Waals surface area contributed by atoms with Crippen LogP contribution in [0.5, 0.6) is 0 Å². The van der Waals surface area contributed by atoms with Crippen LogP contribution in [0.3, 0.4) is 0 Å². The summed E-state index contributed by atoms with van der Waals surface area (Å²) in [6.07, 6.45) is 1.26. The van der Waals surface area contributed by atoms with Crippen LogP contribution < -0.4 is 5.32 Å². The van der Waals surface area contributed by atoms with E-state index >= 15 is 0 Å². The minimum Gasteiger partial charge on any atom is -0.310 e. The predicted molar refractivity (Wildman–Crippen MR) is 62.9 cm³/mol. The highest BCUT2D eigenvalue weighted by Crippen LogP contribution is 2.36.